The van der Waals surface area contributed by atoms with Crippen LogP contribution in [0.5, 0.6) is 0 Å². The molecule has 4 saturated carbocycles. The van der Waals surface area contributed by atoms with E-state index in [2.05, 4.69) is 95.3 Å². The van der Waals surface area contributed by atoms with Gasteiger partial charge in [-0.3, -0.25) is 4.79 Å². The number of carbonyl (C=O) groups is 1. The van der Waals surface area contributed by atoms with E-state index in [0.717, 1.165) is 25.7 Å². The molecule has 1 N–H and O–H groups in total. The molecule has 0 bridgehead atoms. The monoisotopic (exact) mass is 544 g/mol. The molecule has 0 spiro atoms. The lowest BCUT2D eigenvalue weighted by atomic mass is 9.45. The van der Waals surface area contributed by atoms with E-state index in [9.17, 15) is 9.90 Å². The lowest BCUT2D eigenvalue weighted by Gasteiger charge is -2.60. The molecule has 0 amide bonds. The van der Waals surface area contributed by atoms with E-state index < -0.39 is 14.4 Å². The zero-order valence-electron chi connectivity index (χ0n) is 24.7. The van der Waals surface area contributed by atoms with Crippen molar-refractivity contribution in [3.05, 3.63) is 60.7 Å². The fraction of sp³-hybridized carbons (Fsp3) is 0.629. The van der Waals surface area contributed by atoms with Crippen LogP contribution in [0.1, 0.15) is 86.0 Å². The number of hydrogen-bond acceptors (Lipinski definition) is 3. The Bertz CT molecular complexity index is 1150. The Morgan fingerprint density at radius 1 is 0.821 bits per heavy atom. The lowest BCUT2D eigenvalue weighted by molar-refractivity contribution is -0.144. The minimum Gasteiger partial charge on any atom is -0.404 e. The van der Waals surface area contributed by atoms with E-state index in [4.69, 9.17) is 4.43 Å². The predicted molar refractivity (Wildman–Crippen MR) is 161 cm³/mol. The van der Waals surface area contributed by atoms with Crippen molar-refractivity contribution in [1.29, 1.82) is 0 Å². The van der Waals surface area contributed by atoms with Crippen LogP contribution in [0, 0.1) is 34.5 Å². The van der Waals surface area contributed by atoms with Gasteiger partial charge in [-0.15, -0.1) is 0 Å². The van der Waals surface area contributed by atoms with Crippen molar-refractivity contribution in [2.24, 2.45) is 34.5 Å². The maximum atomic E-state index is 12.9. The number of rotatable bonds is 4. The lowest BCUT2D eigenvalue weighted by Crippen LogP contribution is -2.68. The summed E-state index contributed by atoms with van der Waals surface area (Å²) in [5.41, 5.74) is 0.0134. The predicted octanol–water partition coefficient (Wildman–Crippen LogP) is 6.51. The minimum absolute atomic E-state index is 0.00219. The highest BCUT2D eigenvalue weighted by Gasteiger charge is 2.62. The molecule has 4 aliphatic rings. The highest BCUT2D eigenvalue weighted by Crippen LogP contribution is 2.65. The first-order valence-corrected chi connectivity index (χ1v) is 17.4. The van der Waals surface area contributed by atoms with Gasteiger partial charge in [0.05, 0.1) is 0 Å². The van der Waals surface area contributed by atoms with E-state index in [1.165, 1.54) is 29.6 Å². The number of benzene rings is 2. The van der Waals surface area contributed by atoms with E-state index >= 15 is 0 Å². The van der Waals surface area contributed by atoms with Crippen LogP contribution < -0.4 is 10.4 Å². The highest BCUT2D eigenvalue weighted by atomic mass is 28.4. The summed E-state index contributed by atoms with van der Waals surface area (Å²) in [6.07, 6.45) is 8.24. The third-order valence-corrected chi connectivity index (χ3v) is 17.2. The fourth-order valence-corrected chi connectivity index (χ4v) is 14.8. The second kappa shape index (κ2) is 9.67. The second-order valence-electron chi connectivity index (χ2n) is 14.9. The third-order valence-electron chi connectivity index (χ3n) is 12.1. The quantitative estimate of drug-likeness (QED) is 0.446. The number of fused-ring (bicyclic) bond motifs is 5. The molecule has 0 aliphatic heterocycles. The maximum Gasteiger partial charge on any atom is 0.261 e. The van der Waals surface area contributed by atoms with Crippen LogP contribution in [-0.2, 0) is 9.22 Å². The number of aliphatic hydroxyl groups is 1. The summed E-state index contributed by atoms with van der Waals surface area (Å²) in [4.78, 5) is 12.9. The first-order valence-electron chi connectivity index (χ1n) is 15.5. The topological polar surface area (TPSA) is 46.5 Å². The zero-order chi connectivity index (χ0) is 27.6. The molecule has 210 valence electrons. The summed E-state index contributed by atoms with van der Waals surface area (Å²) >= 11 is 0. The van der Waals surface area contributed by atoms with E-state index in [1.807, 2.05) is 0 Å². The van der Waals surface area contributed by atoms with Crippen LogP contribution in [0.4, 0.5) is 0 Å². The van der Waals surface area contributed by atoms with Gasteiger partial charge in [0.15, 0.2) is 5.78 Å². The minimum atomic E-state index is -2.56. The van der Waals surface area contributed by atoms with Crippen molar-refractivity contribution in [2.45, 2.75) is 103 Å². The first kappa shape index (κ1) is 27.4. The van der Waals surface area contributed by atoms with Crippen LogP contribution in [0.3, 0.4) is 0 Å². The van der Waals surface area contributed by atoms with Crippen LogP contribution >= 0.6 is 0 Å². The molecule has 0 unspecified atom stereocenters. The Morgan fingerprint density at radius 2 is 1.44 bits per heavy atom. The Morgan fingerprint density at radius 3 is 2.03 bits per heavy atom. The van der Waals surface area contributed by atoms with Crippen LogP contribution in [-0.4, -0.2) is 31.4 Å². The Hall–Kier alpha value is -1.75. The van der Waals surface area contributed by atoms with Gasteiger partial charge in [-0.05, 0) is 95.9 Å². The summed E-state index contributed by atoms with van der Waals surface area (Å²) in [5.74, 6) is 2.41. The first-order chi connectivity index (χ1) is 18.5. The molecular formula is C35H48O3Si. The van der Waals surface area contributed by atoms with E-state index in [-0.39, 0.29) is 22.3 Å². The van der Waals surface area contributed by atoms with Crippen molar-refractivity contribution in [3.63, 3.8) is 0 Å². The summed E-state index contributed by atoms with van der Waals surface area (Å²) in [6, 6.07) is 22.2. The zero-order valence-corrected chi connectivity index (χ0v) is 25.7. The fourth-order valence-electron chi connectivity index (χ4n) is 10.1. The van der Waals surface area contributed by atoms with Crippen molar-refractivity contribution < 1.29 is 14.3 Å². The van der Waals surface area contributed by atoms with Crippen LogP contribution in [0.25, 0.3) is 0 Å². The Balaban J connectivity index is 1.29. The molecule has 2 aromatic rings. The molecule has 4 heteroatoms. The van der Waals surface area contributed by atoms with Gasteiger partial charge in [0.1, 0.15) is 6.10 Å². The number of Topliss-reactive ketones (excluding diaryl/α,β-unsaturated/α-hetero) is 1. The van der Waals surface area contributed by atoms with Gasteiger partial charge in [0.2, 0.25) is 0 Å². The molecule has 6 rings (SSSR count). The highest BCUT2D eigenvalue weighted by molar-refractivity contribution is 6.99. The smallest absolute Gasteiger partial charge is 0.261 e. The standard InChI is InChI=1S/C35H48O3Si/c1-33(2,3)39(26-12-8-6-9-13-26,27-14-10-7-11-15-27)38-25-18-20-34(4)24(22-25)16-17-28-29(34)19-21-35(5)30(28)23-31(36)32(35)37/h6-15,24-25,28-31,36H,16-23H2,1-5H3/t24-,25-,28+,29-,30-,31+,34-,35-/m0/s1. The molecule has 2 aromatic carbocycles. The van der Waals surface area contributed by atoms with Crippen LogP contribution in [0.2, 0.25) is 5.04 Å². The molecule has 4 fully saturated rings. The number of carbonyl (C=O) groups excluding carboxylic acids is 1. The number of ketones is 1. The third kappa shape index (κ3) is 4.15. The summed E-state index contributed by atoms with van der Waals surface area (Å²) < 4.78 is 7.62. The van der Waals surface area contributed by atoms with Crippen molar-refractivity contribution >= 4 is 24.5 Å². The molecular weight excluding hydrogens is 496 g/mol. The summed E-state index contributed by atoms with van der Waals surface area (Å²) in [5, 5.41) is 13.3. The van der Waals surface area contributed by atoms with Gasteiger partial charge in [0, 0.05) is 11.5 Å². The van der Waals surface area contributed by atoms with Crippen LogP contribution in [0.15, 0.2) is 60.7 Å². The maximum absolute atomic E-state index is 12.9. The normalized spacial score (nSPS) is 38.6. The van der Waals surface area contributed by atoms with Gasteiger partial charge in [0.25, 0.3) is 8.32 Å². The van der Waals surface area contributed by atoms with Crippen molar-refractivity contribution in [1.82, 2.24) is 0 Å². The molecule has 0 radical (unpaired) electrons. The largest absolute Gasteiger partial charge is 0.404 e. The molecule has 0 heterocycles. The van der Waals surface area contributed by atoms with Crippen molar-refractivity contribution in [2.75, 3.05) is 0 Å². The molecule has 4 aliphatic carbocycles. The molecule has 8 atom stereocenters. The van der Waals surface area contributed by atoms with E-state index in [1.54, 1.807) is 0 Å². The van der Waals surface area contributed by atoms with Gasteiger partial charge in [-0.25, -0.2) is 0 Å². The van der Waals surface area contributed by atoms with E-state index in [0.29, 0.717) is 35.5 Å². The van der Waals surface area contributed by atoms with Gasteiger partial charge >= 0.3 is 0 Å². The molecule has 0 saturated heterocycles. The average Bonchev–Trinajstić information content (AvgIpc) is 3.16. The number of hydrogen-bond donors (Lipinski definition) is 1. The van der Waals surface area contributed by atoms with Gasteiger partial charge in [-0.1, -0.05) is 95.3 Å². The summed E-state index contributed by atoms with van der Waals surface area (Å²) in [6.45, 7) is 11.9. The number of aliphatic hydroxyl groups excluding tert-OH is 1. The Labute approximate surface area is 236 Å². The van der Waals surface area contributed by atoms with Gasteiger partial charge < -0.3 is 9.53 Å². The molecule has 3 nitrogen and oxygen atoms in total. The second-order valence-corrected chi connectivity index (χ2v) is 19.2. The average molecular weight is 545 g/mol. The van der Waals surface area contributed by atoms with Gasteiger partial charge in [-0.2, -0.15) is 0 Å². The molecule has 39 heavy (non-hydrogen) atoms. The SMILES string of the molecule is CC(C)(C)[Si](O[C@H]1CC[C@@]2(C)[C@@H](CC[C@@H]3[C@@H]2CC[C@]2(C)C(=O)[C@H](O)C[C@@H]32)C1)(c1ccccc1)c1ccccc1. The van der Waals surface area contributed by atoms with Crippen molar-refractivity contribution in [3.8, 4) is 0 Å². The molecule has 0 aromatic heterocycles. The Kier molecular flexibility index (Phi) is 6.80. The summed E-state index contributed by atoms with van der Waals surface area (Å²) in [7, 11) is -2.56.